The third-order valence-corrected chi connectivity index (χ3v) is 5.20. The lowest BCUT2D eigenvalue weighted by molar-refractivity contribution is 0.102. The van der Waals surface area contributed by atoms with Crippen molar-refractivity contribution >= 4 is 43.5 Å². The SMILES string of the molecule is Cc1ccc2nc(NC(=O)c3c(O)c4ccccc4n(C)c3=O)sc2c1. The number of aromatic hydroxyl groups is 1. The predicted octanol–water partition coefficient (Wildman–Crippen LogP) is 3.41. The van der Waals surface area contributed by atoms with Crippen molar-refractivity contribution < 1.29 is 9.90 Å². The minimum absolute atomic E-state index is 0.290. The molecule has 2 N–H and O–H groups in total. The van der Waals surface area contributed by atoms with Crippen LogP contribution in [0.25, 0.3) is 21.1 Å². The molecule has 0 spiro atoms. The number of benzene rings is 2. The van der Waals surface area contributed by atoms with Crippen molar-refractivity contribution in [3.8, 4) is 5.75 Å². The smallest absolute Gasteiger partial charge is 0.267 e. The zero-order chi connectivity index (χ0) is 18.4. The molecule has 0 unspecified atom stereocenters. The van der Waals surface area contributed by atoms with Gasteiger partial charge in [0.05, 0.1) is 15.7 Å². The number of rotatable bonds is 2. The third-order valence-electron chi connectivity index (χ3n) is 4.27. The molecule has 4 aromatic rings. The lowest BCUT2D eigenvalue weighted by atomic mass is 10.1. The molecule has 0 radical (unpaired) electrons. The van der Waals surface area contributed by atoms with Crippen LogP contribution in [0.3, 0.4) is 0 Å². The van der Waals surface area contributed by atoms with Crippen molar-refractivity contribution in [3.63, 3.8) is 0 Å². The molecule has 0 fully saturated rings. The number of amides is 1. The summed E-state index contributed by atoms with van der Waals surface area (Å²) in [6.45, 7) is 1.98. The van der Waals surface area contributed by atoms with Crippen LogP contribution in [0.4, 0.5) is 5.13 Å². The zero-order valence-electron chi connectivity index (χ0n) is 14.1. The Hall–Kier alpha value is -3.19. The summed E-state index contributed by atoms with van der Waals surface area (Å²) in [5.74, 6) is -0.997. The van der Waals surface area contributed by atoms with Crippen LogP contribution >= 0.6 is 11.3 Å². The number of hydrogen-bond donors (Lipinski definition) is 2. The average molecular weight is 365 g/mol. The van der Waals surface area contributed by atoms with Gasteiger partial charge in [0.25, 0.3) is 11.5 Å². The summed E-state index contributed by atoms with van der Waals surface area (Å²) in [5, 5.41) is 13.9. The van der Waals surface area contributed by atoms with E-state index in [9.17, 15) is 14.7 Å². The molecule has 0 saturated carbocycles. The number of nitrogens with one attached hydrogen (secondary N) is 1. The van der Waals surface area contributed by atoms with E-state index in [2.05, 4.69) is 10.3 Å². The van der Waals surface area contributed by atoms with Crippen molar-refractivity contribution in [2.75, 3.05) is 5.32 Å². The van der Waals surface area contributed by atoms with Crippen LogP contribution in [0.15, 0.2) is 47.3 Å². The lowest BCUT2D eigenvalue weighted by Gasteiger charge is -2.11. The first kappa shape index (κ1) is 16.3. The summed E-state index contributed by atoms with van der Waals surface area (Å²) in [5.41, 5.74) is 1.57. The number of pyridine rings is 1. The summed E-state index contributed by atoms with van der Waals surface area (Å²) < 4.78 is 2.29. The van der Waals surface area contributed by atoms with Crippen LogP contribution in [-0.4, -0.2) is 20.6 Å². The second-order valence-corrected chi connectivity index (χ2v) is 7.08. The Kier molecular flexibility index (Phi) is 3.73. The van der Waals surface area contributed by atoms with Crippen LogP contribution in [0, 0.1) is 6.92 Å². The summed E-state index contributed by atoms with van der Waals surface area (Å²) in [4.78, 5) is 29.6. The first-order valence-corrected chi connectivity index (χ1v) is 8.76. The Labute approximate surface area is 152 Å². The predicted molar refractivity (Wildman–Crippen MR) is 103 cm³/mol. The zero-order valence-corrected chi connectivity index (χ0v) is 14.9. The Bertz CT molecular complexity index is 1240. The van der Waals surface area contributed by atoms with E-state index in [1.165, 1.54) is 15.9 Å². The summed E-state index contributed by atoms with van der Waals surface area (Å²) in [6, 6.07) is 12.7. The van der Waals surface area contributed by atoms with Crippen molar-refractivity contribution in [1.29, 1.82) is 0 Å². The van der Waals surface area contributed by atoms with Crippen molar-refractivity contribution in [2.24, 2.45) is 7.05 Å². The van der Waals surface area contributed by atoms with E-state index in [0.29, 0.717) is 16.0 Å². The topological polar surface area (TPSA) is 84.2 Å². The fourth-order valence-electron chi connectivity index (χ4n) is 2.93. The molecule has 4 rings (SSSR count). The fraction of sp³-hybridized carbons (Fsp3) is 0.105. The van der Waals surface area contributed by atoms with E-state index < -0.39 is 11.5 Å². The Morgan fingerprint density at radius 1 is 1.23 bits per heavy atom. The molecule has 2 aromatic heterocycles. The highest BCUT2D eigenvalue weighted by Gasteiger charge is 2.22. The van der Waals surface area contributed by atoms with Gasteiger partial charge in [-0.25, -0.2) is 4.98 Å². The van der Waals surface area contributed by atoms with Crippen LogP contribution in [0.2, 0.25) is 0 Å². The number of carbonyl (C=O) groups is 1. The molecule has 26 heavy (non-hydrogen) atoms. The molecule has 0 bridgehead atoms. The maximum Gasteiger partial charge on any atom is 0.267 e. The second kappa shape index (κ2) is 5.96. The van der Waals surface area contributed by atoms with Crippen molar-refractivity contribution in [3.05, 3.63) is 63.9 Å². The van der Waals surface area contributed by atoms with Crippen LogP contribution in [-0.2, 0) is 7.05 Å². The molecule has 6 nitrogen and oxygen atoms in total. The second-order valence-electron chi connectivity index (χ2n) is 6.05. The number of fused-ring (bicyclic) bond motifs is 2. The quantitative estimate of drug-likeness (QED) is 0.570. The van der Waals surface area contributed by atoms with Gasteiger partial charge in [0.15, 0.2) is 5.13 Å². The minimum atomic E-state index is -0.676. The molecule has 0 saturated heterocycles. The first-order valence-electron chi connectivity index (χ1n) is 7.95. The number of para-hydroxylation sites is 1. The highest BCUT2D eigenvalue weighted by atomic mass is 32.1. The van der Waals surface area contributed by atoms with Crippen LogP contribution in [0.1, 0.15) is 15.9 Å². The number of aryl methyl sites for hydroxylation is 2. The van der Waals surface area contributed by atoms with Gasteiger partial charge in [-0.05, 0) is 36.8 Å². The van der Waals surface area contributed by atoms with E-state index in [-0.39, 0.29) is 11.3 Å². The number of hydrogen-bond acceptors (Lipinski definition) is 5. The molecule has 0 aliphatic carbocycles. The molecule has 130 valence electrons. The average Bonchev–Trinajstić information content (AvgIpc) is 3.01. The molecule has 1 amide bonds. The normalized spacial score (nSPS) is 11.2. The molecule has 7 heteroatoms. The highest BCUT2D eigenvalue weighted by Crippen LogP contribution is 2.29. The van der Waals surface area contributed by atoms with Gasteiger partial charge in [0, 0.05) is 12.4 Å². The van der Waals surface area contributed by atoms with Gasteiger partial charge < -0.3 is 9.67 Å². The Balaban J connectivity index is 1.79. The molecular formula is C19H15N3O3S. The van der Waals surface area contributed by atoms with Gasteiger partial charge in [-0.15, -0.1) is 0 Å². The van der Waals surface area contributed by atoms with E-state index in [1.54, 1.807) is 31.3 Å². The molecule has 0 aliphatic rings. The summed E-state index contributed by atoms with van der Waals surface area (Å²) >= 11 is 1.32. The maximum atomic E-state index is 12.7. The number of thiazole rings is 1. The highest BCUT2D eigenvalue weighted by molar-refractivity contribution is 7.22. The fourth-order valence-corrected chi connectivity index (χ4v) is 3.89. The number of nitrogens with zero attached hydrogens (tertiary/aromatic N) is 2. The number of anilines is 1. The van der Waals surface area contributed by atoms with Crippen LogP contribution in [0.5, 0.6) is 5.75 Å². The van der Waals surface area contributed by atoms with Gasteiger partial charge in [-0.3, -0.25) is 14.9 Å². The number of carbonyl (C=O) groups excluding carboxylic acids is 1. The van der Waals surface area contributed by atoms with Gasteiger partial charge >= 0.3 is 0 Å². The van der Waals surface area contributed by atoms with Crippen LogP contribution < -0.4 is 10.9 Å². The third kappa shape index (κ3) is 2.53. The lowest BCUT2D eigenvalue weighted by Crippen LogP contribution is -2.28. The van der Waals surface area contributed by atoms with Gasteiger partial charge in [-0.1, -0.05) is 29.5 Å². The summed E-state index contributed by atoms with van der Waals surface area (Å²) in [7, 11) is 1.57. The van der Waals surface area contributed by atoms with E-state index in [1.807, 2.05) is 25.1 Å². The molecule has 0 aliphatic heterocycles. The Morgan fingerprint density at radius 3 is 2.81 bits per heavy atom. The van der Waals surface area contributed by atoms with Gasteiger partial charge in [0.1, 0.15) is 11.3 Å². The van der Waals surface area contributed by atoms with E-state index in [0.717, 1.165) is 15.8 Å². The minimum Gasteiger partial charge on any atom is -0.506 e. The van der Waals surface area contributed by atoms with Gasteiger partial charge in [0.2, 0.25) is 0 Å². The van der Waals surface area contributed by atoms with E-state index in [4.69, 9.17) is 0 Å². The van der Waals surface area contributed by atoms with Crippen molar-refractivity contribution in [1.82, 2.24) is 9.55 Å². The number of aromatic nitrogens is 2. The first-order chi connectivity index (χ1) is 12.5. The van der Waals surface area contributed by atoms with Crippen molar-refractivity contribution in [2.45, 2.75) is 6.92 Å². The monoisotopic (exact) mass is 365 g/mol. The Morgan fingerprint density at radius 2 is 2.00 bits per heavy atom. The maximum absolute atomic E-state index is 12.7. The summed E-state index contributed by atoms with van der Waals surface area (Å²) in [6.07, 6.45) is 0. The molecule has 0 atom stereocenters. The molecular weight excluding hydrogens is 350 g/mol. The molecule has 2 aromatic carbocycles. The van der Waals surface area contributed by atoms with Gasteiger partial charge in [-0.2, -0.15) is 0 Å². The van der Waals surface area contributed by atoms with E-state index >= 15 is 0 Å². The standard InChI is InChI=1S/C19H15N3O3S/c1-10-7-8-12-14(9-10)26-19(20-12)21-17(24)15-16(23)11-5-3-4-6-13(11)22(2)18(15)25/h3-9,23H,1-2H3,(H,20,21,24). The largest absolute Gasteiger partial charge is 0.506 e. The molecule has 2 heterocycles.